The van der Waals surface area contributed by atoms with Crippen molar-refractivity contribution in [1.29, 1.82) is 0 Å². The van der Waals surface area contributed by atoms with Crippen molar-refractivity contribution in [1.82, 2.24) is 5.32 Å². The van der Waals surface area contributed by atoms with E-state index in [1.54, 1.807) is 14.2 Å². The van der Waals surface area contributed by atoms with Gasteiger partial charge in [0.2, 0.25) is 0 Å². The van der Waals surface area contributed by atoms with E-state index in [0.29, 0.717) is 0 Å². The Bertz CT molecular complexity index is 317. The lowest BCUT2D eigenvalue weighted by Crippen LogP contribution is -2.25. The summed E-state index contributed by atoms with van der Waals surface area (Å²) in [6.07, 6.45) is 1.09. The number of rotatable bonds is 4. The molecule has 0 aliphatic rings. The molecule has 3 heteroatoms. The van der Waals surface area contributed by atoms with Gasteiger partial charge in [-0.25, -0.2) is 0 Å². The lowest BCUT2D eigenvalue weighted by molar-refractivity contribution is 0.415. The second-order valence-corrected chi connectivity index (χ2v) is 3.23. The zero-order chi connectivity index (χ0) is 11.1. The second-order valence-electron chi connectivity index (χ2n) is 3.23. The fourth-order valence-corrected chi connectivity index (χ4v) is 1.30. The lowest BCUT2D eigenvalue weighted by Gasteiger charge is -2.08. The average Bonchev–Trinajstić information content (AvgIpc) is 2.31. The molecule has 82 valence electrons. The number of amidine groups is 1. The number of hydrogen-bond donors (Lipinski definition) is 1. The van der Waals surface area contributed by atoms with Crippen LogP contribution in [-0.4, -0.2) is 26.5 Å². The smallest absolute Gasteiger partial charge is 0.127 e. The number of aliphatic imine (C=N–C) groups is 1. The normalized spacial score (nSPS) is 11.3. The number of nitrogens with zero attached hydrogens (tertiary/aromatic N) is 1. The zero-order valence-corrected chi connectivity index (χ0v) is 9.58. The maximum Gasteiger partial charge on any atom is 0.127 e. The van der Waals surface area contributed by atoms with Crippen LogP contribution in [0.15, 0.2) is 29.3 Å². The van der Waals surface area contributed by atoms with Crippen LogP contribution in [0.3, 0.4) is 0 Å². The molecule has 0 saturated heterocycles. The first-order valence-corrected chi connectivity index (χ1v) is 5.17. The van der Waals surface area contributed by atoms with Gasteiger partial charge in [-0.2, -0.15) is 0 Å². The summed E-state index contributed by atoms with van der Waals surface area (Å²) in [5.74, 6) is 1.80. The van der Waals surface area contributed by atoms with Crippen LogP contribution in [-0.2, 0) is 0 Å². The van der Waals surface area contributed by atoms with Crippen LogP contribution in [0.1, 0.15) is 18.9 Å². The first kappa shape index (κ1) is 11.6. The molecule has 0 saturated carbocycles. The molecule has 0 radical (unpaired) electrons. The first-order valence-electron chi connectivity index (χ1n) is 5.17. The molecular weight excluding hydrogens is 188 g/mol. The summed E-state index contributed by atoms with van der Waals surface area (Å²) in [6.45, 7) is 3.08. The summed E-state index contributed by atoms with van der Waals surface area (Å²) in [5.41, 5.74) is 1.09. The quantitative estimate of drug-likeness (QED) is 0.604. The van der Waals surface area contributed by atoms with Gasteiger partial charge in [0, 0.05) is 19.2 Å². The van der Waals surface area contributed by atoms with Gasteiger partial charge in [-0.15, -0.1) is 0 Å². The van der Waals surface area contributed by atoms with E-state index in [-0.39, 0.29) is 0 Å². The molecule has 0 heterocycles. The minimum Gasteiger partial charge on any atom is -0.497 e. The van der Waals surface area contributed by atoms with E-state index in [9.17, 15) is 0 Å². The van der Waals surface area contributed by atoms with Crippen molar-refractivity contribution in [3.8, 4) is 5.75 Å². The van der Waals surface area contributed by atoms with E-state index < -0.39 is 0 Å². The topological polar surface area (TPSA) is 33.6 Å². The van der Waals surface area contributed by atoms with Gasteiger partial charge in [0.25, 0.3) is 0 Å². The summed E-state index contributed by atoms with van der Waals surface area (Å²) in [7, 11) is 3.46. The molecule has 1 aromatic carbocycles. The highest BCUT2D eigenvalue weighted by molar-refractivity contribution is 5.98. The predicted octanol–water partition coefficient (Wildman–Crippen LogP) is 2.07. The third-order valence-corrected chi connectivity index (χ3v) is 2.13. The Morgan fingerprint density at radius 3 is 2.47 bits per heavy atom. The Labute approximate surface area is 91.2 Å². The van der Waals surface area contributed by atoms with Gasteiger partial charge in [0.15, 0.2) is 0 Å². The SMILES string of the molecule is CCCNC(=NC)c1ccc(OC)cc1. The third-order valence-electron chi connectivity index (χ3n) is 2.13. The highest BCUT2D eigenvalue weighted by Gasteiger charge is 2.01. The molecule has 0 fully saturated rings. The van der Waals surface area contributed by atoms with Crippen LogP contribution < -0.4 is 10.1 Å². The molecule has 15 heavy (non-hydrogen) atoms. The van der Waals surface area contributed by atoms with Gasteiger partial charge in [-0.1, -0.05) is 6.92 Å². The fourth-order valence-electron chi connectivity index (χ4n) is 1.30. The Morgan fingerprint density at radius 1 is 1.33 bits per heavy atom. The third kappa shape index (κ3) is 3.27. The van der Waals surface area contributed by atoms with Gasteiger partial charge in [-0.3, -0.25) is 4.99 Å². The minimum absolute atomic E-state index is 0.865. The van der Waals surface area contributed by atoms with E-state index in [1.165, 1.54) is 0 Å². The van der Waals surface area contributed by atoms with E-state index >= 15 is 0 Å². The number of ether oxygens (including phenoxy) is 1. The van der Waals surface area contributed by atoms with Gasteiger partial charge < -0.3 is 10.1 Å². The molecule has 1 N–H and O–H groups in total. The standard InChI is InChI=1S/C12H18N2O/c1-4-9-14-12(13-2)10-5-7-11(15-3)8-6-10/h5-8H,4,9H2,1-3H3,(H,13,14). The first-order chi connectivity index (χ1) is 7.31. The molecule has 0 aromatic heterocycles. The van der Waals surface area contributed by atoms with E-state index in [2.05, 4.69) is 17.2 Å². The van der Waals surface area contributed by atoms with Gasteiger partial charge in [0.05, 0.1) is 7.11 Å². The van der Waals surface area contributed by atoms with Crippen molar-refractivity contribution in [3.05, 3.63) is 29.8 Å². The highest BCUT2D eigenvalue weighted by Crippen LogP contribution is 2.11. The van der Waals surface area contributed by atoms with Crippen LogP contribution in [0, 0.1) is 0 Å². The highest BCUT2D eigenvalue weighted by atomic mass is 16.5. The number of hydrogen-bond acceptors (Lipinski definition) is 2. The Balaban J connectivity index is 2.75. The van der Waals surface area contributed by atoms with Crippen LogP contribution >= 0.6 is 0 Å². The Hall–Kier alpha value is -1.51. The number of benzene rings is 1. The van der Waals surface area contributed by atoms with E-state index in [0.717, 1.165) is 30.1 Å². The predicted molar refractivity (Wildman–Crippen MR) is 63.7 cm³/mol. The molecule has 0 aliphatic heterocycles. The van der Waals surface area contributed by atoms with E-state index in [4.69, 9.17) is 4.74 Å². The Kier molecular flexibility index (Phi) is 4.68. The molecule has 0 amide bonds. The molecule has 3 nitrogen and oxygen atoms in total. The maximum atomic E-state index is 5.10. The van der Waals surface area contributed by atoms with Gasteiger partial charge >= 0.3 is 0 Å². The largest absolute Gasteiger partial charge is 0.497 e. The van der Waals surface area contributed by atoms with E-state index in [1.807, 2.05) is 24.3 Å². The van der Waals surface area contributed by atoms with Crippen molar-refractivity contribution in [2.24, 2.45) is 4.99 Å². The molecule has 0 unspecified atom stereocenters. The second kappa shape index (κ2) is 6.06. The zero-order valence-electron chi connectivity index (χ0n) is 9.58. The molecule has 1 rings (SSSR count). The average molecular weight is 206 g/mol. The summed E-state index contributed by atoms with van der Waals surface area (Å²) < 4.78 is 5.10. The van der Waals surface area contributed by atoms with Gasteiger partial charge in [-0.05, 0) is 30.7 Å². The van der Waals surface area contributed by atoms with Crippen LogP contribution in [0.4, 0.5) is 0 Å². The monoisotopic (exact) mass is 206 g/mol. The lowest BCUT2D eigenvalue weighted by atomic mass is 10.2. The molecule has 1 aromatic rings. The van der Waals surface area contributed by atoms with Crippen LogP contribution in [0.25, 0.3) is 0 Å². The molecule has 0 spiro atoms. The van der Waals surface area contributed by atoms with Crippen molar-refractivity contribution in [3.63, 3.8) is 0 Å². The summed E-state index contributed by atoms with van der Waals surface area (Å²) >= 11 is 0. The van der Waals surface area contributed by atoms with Crippen molar-refractivity contribution >= 4 is 5.84 Å². The molecule has 0 atom stereocenters. The number of nitrogens with one attached hydrogen (secondary N) is 1. The molecule has 0 aliphatic carbocycles. The fraction of sp³-hybridized carbons (Fsp3) is 0.417. The summed E-state index contributed by atoms with van der Waals surface area (Å²) in [6, 6.07) is 7.88. The Morgan fingerprint density at radius 2 is 2.00 bits per heavy atom. The summed E-state index contributed by atoms with van der Waals surface area (Å²) in [5, 5.41) is 3.28. The van der Waals surface area contributed by atoms with Crippen molar-refractivity contribution < 1.29 is 4.74 Å². The number of methoxy groups -OCH3 is 1. The van der Waals surface area contributed by atoms with Gasteiger partial charge in [0.1, 0.15) is 11.6 Å². The van der Waals surface area contributed by atoms with Crippen LogP contribution in [0.5, 0.6) is 5.75 Å². The minimum atomic E-state index is 0.865. The van der Waals surface area contributed by atoms with Crippen LogP contribution in [0.2, 0.25) is 0 Å². The van der Waals surface area contributed by atoms with Crippen molar-refractivity contribution in [2.75, 3.05) is 20.7 Å². The molecule has 0 bridgehead atoms. The maximum absolute atomic E-state index is 5.10. The van der Waals surface area contributed by atoms with Crippen molar-refractivity contribution in [2.45, 2.75) is 13.3 Å². The molecular formula is C12H18N2O. The summed E-state index contributed by atoms with van der Waals surface area (Å²) in [4.78, 5) is 4.22.